The molecule has 13 nitrogen and oxygen atoms in total. The number of hydrogen-bond donors (Lipinski definition) is 5. The summed E-state index contributed by atoms with van der Waals surface area (Å²) in [6.07, 6.45) is 2.01. The van der Waals surface area contributed by atoms with Crippen molar-refractivity contribution in [3.05, 3.63) is 57.6 Å². The fourth-order valence-corrected chi connectivity index (χ4v) is 4.18. The number of nitrogen functional groups attached to an aromatic ring is 1. The number of fused-ring (bicyclic) bond motifs is 1. The van der Waals surface area contributed by atoms with Gasteiger partial charge in [0.25, 0.3) is 10.1 Å². The largest absolute Gasteiger partial charge is 0.477 e. The summed E-state index contributed by atoms with van der Waals surface area (Å²) in [6, 6.07) is 1.20. The summed E-state index contributed by atoms with van der Waals surface area (Å²) in [5.41, 5.74) is 8.60. The lowest BCUT2D eigenvalue weighted by atomic mass is 10.0. The summed E-state index contributed by atoms with van der Waals surface area (Å²) in [4.78, 5) is 42.6. The molecule has 2 aromatic heterocycles. The molecular weight excluding hydrogens is 585 g/mol. The number of amides is 1. The molecule has 1 saturated heterocycles. The first kappa shape index (κ1) is 32.3. The third-order valence-electron chi connectivity index (χ3n) is 6.32. The minimum absolute atomic E-state index is 0.0783. The van der Waals surface area contributed by atoms with Crippen LogP contribution in [0.4, 0.5) is 24.7 Å². The Kier molecular flexibility index (Phi) is 9.49. The number of nitrogens with zero attached hydrogens (tertiary/aromatic N) is 3. The maximum absolute atomic E-state index is 15.2. The lowest BCUT2D eigenvalue weighted by molar-refractivity contribution is -0.123. The van der Waals surface area contributed by atoms with Gasteiger partial charge in [-0.1, -0.05) is 13.8 Å². The first-order valence-corrected chi connectivity index (χ1v) is 14.2. The van der Waals surface area contributed by atoms with E-state index >= 15 is 4.39 Å². The van der Waals surface area contributed by atoms with E-state index in [1.807, 2.05) is 13.8 Å². The Balaban J connectivity index is 0.000000892. The highest BCUT2D eigenvalue weighted by Gasteiger charge is 2.30. The topological polar surface area (TPSA) is 211 Å². The summed E-state index contributed by atoms with van der Waals surface area (Å²) in [6.45, 7) is 4.10. The number of carbonyl (C=O) groups is 2. The zero-order chi connectivity index (χ0) is 31.7. The number of benzene rings is 1. The van der Waals surface area contributed by atoms with Crippen LogP contribution in [-0.4, -0.2) is 70.9 Å². The number of rotatable bonds is 6. The van der Waals surface area contributed by atoms with Crippen molar-refractivity contribution in [3.63, 3.8) is 0 Å². The normalized spacial score (nSPS) is 15.8. The fourth-order valence-electron chi connectivity index (χ4n) is 4.18. The molecule has 3 heterocycles. The molecular formula is C25H29F3N6O7S. The number of anilines is 2. The molecule has 0 radical (unpaired) electrons. The van der Waals surface area contributed by atoms with Gasteiger partial charge in [0.2, 0.25) is 11.3 Å². The minimum Gasteiger partial charge on any atom is -0.477 e. The van der Waals surface area contributed by atoms with Gasteiger partial charge in [-0.2, -0.15) is 8.42 Å². The van der Waals surface area contributed by atoms with Crippen molar-refractivity contribution in [2.75, 3.05) is 30.0 Å². The summed E-state index contributed by atoms with van der Waals surface area (Å²) < 4.78 is 70.5. The monoisotopic (exact) mass is 614 g/mol. The smallest absolute Gasteiger partial charge is 0.341 e. The first-order chi connectivity index (χ1) is 19.4. The zero-order valence-electron chi connectivity index (χ0n) is 22.6. The molecule has 3 aromatic rings. The van der Waals surface area contributed by atoms with E-state index in [0.717, 1.165) is 22.9 Å². The zero-order valence-corrected chi connectivity index (χ0v) is 23.5. The molecule has 1 aromatic carbocycles. The molecule has 42 heavy (non-hydrogen) atoms. The molecule has 228 valence electrons. The maximum atomic E-state index is 15.2. The first-order valence-electron chi connectivity index (χ1n) is 12.4. The van der Waals surface area contributed by atoms with Crippen LogP contribution in [-0.2, 0) is 14.9 Å². The highest BCUT2D eigenvalue weighted by Crippen LogP contribution is 2.28. The van der Waals surface area contributed by atoms with Crippen LogP contribution < -0.4 is 27.1 Å². The number of carboxylic acids is 1. The van der Waals surface area contributed by atoms with E-state index in [2.05, 4.69) is 10.3 Å². The Hall–Kier alpha value is -4.22. The molecule has 0 unspecified atom stereocenters. The Bertz CT molecular complexity index is 1710. The van der Waals surface area contributed by atoms with Gasteiger partial charge in [0.05, 0.1) is 29.1 Å². The quantitative estimate of drug-likeness (QED) is 0.197. The van der Waals surface area contributed by atoms with E-state index < -0.39 is 61.6 Å². The van der Waals surface area contributed by atoms with Gasteiger partial charge in [-0.15, -0.1) is 0 Å². The number of aromatic carboxylic acids is 1. The van der Waals surface area contributed by atoms with Crippen LogP contribution in [0, 0.1) is 23.4 Å². The molecule has 1 fully saturated rings. The van der Waals surface area contributed by atoms with Crippen LogP contribution in [0.25, 0.3) is 16.7 Å². The van der Waals surface area contributed by atoms with Gasteiger partial charge in [-0.05, 0) is 24.5 Å². The number of pyridine rings is 2. The van der Waals surface area contributed by atoms with E-state index in [0.29, 0.717) is 25.3 Å². The third-order valence-corrected chi connectivity index (χ3v) is 6.32. The van der Waals surface area contributed by atoms with Gasteiger partial charge in [0.15, 0.2) is 17.3 Å². The van der Waals surface area contributed by atoms with Gasteiger partial charge >= 0.3 is 5.97 Å². The lowest BCUT2D eigenvalue weighted by Gasteiger charge is -2.22. The molecule has 4 rings (SSSR count). The van der Waals surface area contributed by atoms with E-state index in [1.54, 1.807) is 0 Å². The average Bonchev–Trinajstić information content (AvgIpc) is 3.33. The Morgan fingerprint density at radius 3 is 2.33 bits per heavy atom. The lowest BCUT2D eigenvalue weighted by Crippen LogP contribution is -2.48. The summed E-state index contributed by atoms with van der Waals surface area (Å²) in [5.74, 6) is -5.29. The Morgan fingerprint density at radius 2 is 1.76 bits per heavy atom. The fraction of sp³-hybridized carbons (Fsp3) is 0.360. The third kappa shape index (κ3) is 7.34. The molecule has 0 saturated carbocycles. The number of hydrogen-bond acceptors (Lipinski definition) is 9. The second-order valence-electron chi connectivity index (χ2n) is 9.98. The molecule has 17 heteroatoms. The number of halogens is 3. The van der Waals surface area contributed by atoms with Crippen molar-refractivity contribution in [1.82, 2.24) is 14.9 Å². The highest BCUT2D eigenvalue weighted by molar-refractivity contribution is 7.85. The van der Waals surface area contributed by atoms with Crippen molar-refractivity contribution >= 4 is 44.5 Å². The number of nitrogens with two attached hydrogens (primary N) is 2. The van der Waals surface area contributed by atoms with E-state index in [1.165, 1.54) is 4.90 Å². The molecule has 1 aliphatic heterocycles. The molecule has 0 aliphatic carbocycles. The molecule has 0 spiro atoms. The van der Waals surface area contributed by atoms with E-state index in [9.17, 15) is 36.7 Å². The average molecular weight is 615 g/mol. The SMILES string of the molecule is CC(C)[C@H](N)C(=O)N[C@H]1CCN(c2nc3c(cc2F)c(=O)c(C(=O)O)cn3-c2cc(N)c(F)cc2F)C1.CS(=O)(=O)O. The Morgan fingerprint density at radius 1 is 1.14 bits per heavy atom. The van der Waals surface area contributed by atoms with Crippen molar-refractivity contribution in [1.29, 1.82) is 0 Å². The van der Waals surface area contributed by atoms with Crippen molar-refractivity contribution in [3.8, 4) is 5.69 Å². The minimum atomic E-state index is -3.67. The highest BCUT2D eigenvalue weighted by atomic mass is 32.2. The molecule has 0 bridgehead atoms. The molecule has 1 amide bonds. The van der Waals surface area contributed by atoms with Crippen LogP contribution in [0.15, 0.2) is 29.2 Å². The molecule has 2 atom stereocenters. The van der Waals surface area contributed by atoms with Gasteiger partial charge in [-0.3, -0.25) is 18.7 Å². The van der Waals surface area contributed by atoms with Gasteiger partial charge < -0.3 is 26.8 Å². The predicted molar refractivity (Wildman–Crippen MR) is 148 cm³/mol. The summed E-state index contributed by atoms with van der Waals surface area (Å²) >= 11 is 0. The standard InChI is InChI=1S/C24H25F3N6O4.CH4O3S/c1-10(2)19(29)23(35)30-11-3-4-32(8-11)22-16(27)5-12-20(34)13(24(36)37)9-33(21(12)31-22)18-7-17(28)14(25)6-15(18)26;1-5(2,3)4/h5-7,9-11,19H,3-4,8,28-29H2,1-2H3,(H,30,35)(H,36,37);1H3,(H,2,3,4)/t11-,19-;/m0./s1. The molecule has 1 aliphatic rings. The van der Waals surface area contributed by atoms with Crippen LogP contribution in [0.5, 0.6) is 0 Å². The number of carbonyl (C=O) groups excluding carboxylic acids is 1. The Labute approximate surface area is 237 Å². The number of carboxylic acid groups (broad SMARTS) is 1. The molecule has 7 N–H and O–H groups in total. The van der Waals surface area contributed by atoms with Gasteiger partial charge in [-0.25, -0.2) is 22.9 Å². The van der Waals surface area contributed by atoms with Crippen LogP contribution in [0.2, 0.25) is 0 Å². The second kappa shape index (κ2) is 12.3. The van der Waals surface area contributed by atoms with Gasteiger partial charge in [0.1, 0.15) is 17.2 Å². The van der Waals surface area contributed by atoms with Crippen molar-refractivity contribution < 1.29 is 40.8 Å². The summed E-state index contributed by atoms with van der Waals surface area (Å²) in [5, 5.41) is 11.9. The predicted octanol–water partition coefficient (Wildman–Crippen LogP) is 1.27. The second-order valence-corrected chi connectivity index (χ2v) is 11.4. The van der Waals surface area contributed by atoms with Crippen molar-refractivity contribution in [2.24, 2.45) is 11.7 Å². The van der Waals surface area contributed by atoms with Crippen molar-refractivity contribution in [2.45, 2.75) is 32.4 Å². The van der Waals surface area contributed by atoms with Crippen LogP contribution in [0.1, 0.15) is 30.6 Å². The van der Waals surface area contributed by atoms with E-state index in [4.69, 9.17) is 16.0 Å². The van der Waals surface area contributed by atoms with Crippen LogP contribution >= 0.6 is 0 Å². The van der Waals surface area contributed by atoms with Crippen LogP contribution in [0.3, 0.4) is 0 Å². The maximum Gasteiger partial charge on any atom is 0.341 e. The van der Waals surface area contributed by atoms with E-state index in [-0.39, 0.29) is 41.6 Å². The summed E-state index contributed by atoms with van der Waals surface area (Å²) in [7, 11) is -3.67. The van der Waals surface area contributed by atoms with Gasteiger partial charge in [0, 0.05) is 31.4 Å². The number of aromatic nitrogens is 2. The number of nitrogens with one attached hydrogen (secondary N) is 1.